The first-order valence-corrected chi connectivity index (χ1v) is 27.1. The lowest BCUT2D eigenvalue weighted by atomic mass is 9.55. The monoisotopic (exact) mass is 925 g/mol. The van der Waals surface area contributed by atoms with Crippen LogP contribution in [0.25, 0.3) is 0 Å². The second-order valence-electron chi connectivity index (χ2n) is 22.5. The molecule has 16 atom stereocenters. The van der Waals surface area contributed by atoms with Gasteiger partial charge in [-0.3, -0.25) is 24.9 Å². The number of rotatable bonds is 11. The first kappa shape index (κ1) is 47.2. The van der Waals surface area contributed by atoms with Crippen molar-refractivity contribution in [3.05, 3.63) is 0 Å². The molecule has 0 aromatic carbocycles. The second kappa shape index (κ2) is 20.5. The van der Waals surface area contributed by atoms with Crippen LogP contribution in [-0.4, -0.2) is 133 Å². The number of fused-ring (bicyclic) bond motifs is 3. The molecular weight excluding hydrogens is 844 g/mol. The van der Waals surface area contributed by atoms with Gasteiger partial charge in [0.2, 0.25) is 5.91 Å². The van der Waals surface area contributed by atoms with Gasteiger partial charge in [0.1, 0.15) is 18.4 Å². The lowest BCUT2D eigenvalue weighted by Crippen LogP contribution is -2.63. The van der Waals surface area contributed by atoms with E-state index in [1.165, 1.54) is 37.8 Å². The summed E-state index contributed by atoms with van der Waals surface area (Å²) in [6.45, 7) is 10.8. The van der Waals surface area contributed by atoms with Crippen molar-refractivity contribution in [1.82, 2.24) is 42.1 Å². The van der Waals surface area contributed by atoms with Crippen LogP contribution >= 0.6 is 11.8 Å². The summed E-state index contributed by atoms with van der Waals surface area (Å²) in [6.07, 6.45) is 18.0. The van der Waals surface area contributed by atoms with Crippen LogP contribution in [0.4, 0.5) is 4.39 Å². The maximum absolute atomic E-state index is 16.8. The molecule has 14 nitrogen and oxygen atoms in total. The molecule has 6 heterocycles. The molecule has 0 aromatic rings. The SMILES string of the molecule is COC1CC(OC2CCC(NC(=O)C3CCC(N4CCC5(CC4)CC(CC4CCC(C6=N[C@@H](CC7NCCO7)C7NNC(C)N7C7SC(C)C(C)C67)C(F)C4)C5)NN3)CC2)CCC1C#N. The molecule has 4 saturated carbocycles. The molecule has 0 bridgehead atoms. The minimum absolute atomic E-state index is 0.00213. The average molecular weight is 925 g/mol. The third kappa shape index (κ3) is 10.1. The van der Waals surface area contributed by atoms with Crippen LogP contribution < -0.4 is 32.3 Å². The van der Waals surface area contributed by atoms with E-state index in [0.717, 1.165) is 109 Å². The highest BCUT2D eigenvalue weighted by molar-refractivity contribution is 8.00. The van der Waals surface area contributed by atoms with Crippen LogP contribution in [0.15, 0.2) is 4.99 Å². The summed E-state index contributed by atoms with van der Waals surface area (Å²) in [4.78, 5) is 24.2. The van der Waals surface area contributed by atoms with Gasteiger partial charge in [-0.1, -0.05) is 13.8 Å². The maximum Gasteiger partial charge on any atom is 0.238 e. The molecule has 6 aliphatic heterocycles. The Morgan fingerprint density at radius 1 is 0.954 bits per heavy atom. The van der Waals surface area contributed by atoms with Crippen LogP contribution in [0, 0.1) is 52.3 Å². The van der Waals surface area contributed by atoms with Gasteiger partial charge >= 0.3 is 0 Å². The van der Waals surface area contributed by atoms with E-state index in [0.29, 0.717) is 34.3 Å². The standard InChI is InChI=1S/C49H81FN10O4S/c1-28-29(2)65-48-44(28)45(54-40(24-43-52-17-20-63-43)46-58-55-30(3)60(46)48)37-12-5-31(22-38(37)50)21-32-25-49(26-32)15-18-59(19-16-49)42-14-13-39(56-57-42)47(61)53-34-7-10-35(11-8-34)64-36-9-6-33(27-51)41(23-36)62-4/h28-44,46,48,52,55-58H,5-26H2,1-4H3,(H,53,61)/t28?,29?,30?,31?,33?,34?,35?,36?,37?,38?,39?,40-,41?,42?,43?,44?,46?,48?/m0/s1. The van der Waals surface area contributed by atoms with E-state index in [1.807, 2.05) is 0 Å². The number of carbonyl (C=O) groups is 1. The van der Waals surface area contributed by atoms with E-state index < -0.39 is 6.17 Å². The molecule has 15 unspecified atom stereocenters. The summed E-state index contributed by atoms with van der Waals surface area (Å²) >= 11 is 2.07. The number of aliphatic imine (C=N–C) groups is 1. The average Bonchev–Trinajstić information content (AvgIpc) is 4.02. The van der Waals surface area contributed by atoms with E-state index >= 15 is 4.39 Å². The molecule has 0 radical (unpaired) electrons. The zero-order valence-electron chi connectivity index (χ0n) is 39.7. The Labute approximate surface area is 392 Å². The number of nitrogens with zero attached hydrogens (tertiary/aromatic N) is 4. The summed E-state index contributed by atoms with van der Waals surface area (Å²) < 4.78 is 34.9. The lowest BCUT2D eigenvalue weighted by molar-refractivity contribution is -0.126. The molecule has 10 aliphatic rings. The summed E-state index contributed by atoms with van der Waals surface area (Å²) in [6, 6.07) is 2.38. The smallest absolute Gasteiger partial charge is 0.238 e. The fraction of sp³-hybridized carbons (Fsp3) is 0.939. The zero-order valence-corrected chi connectivity index (χ0v) is 40.6. The van der Waals surface area contributed by atoms with Crippen molar-refractivity contribution in [2.75, 3.05) is 33.4 Å². The van der Waals surface area contributed by atoms with E-state index in [2.05, 4.69) is 80.7 Å². The number of piperidine rings is 1. The topological polar surface area (TPSA) is 160 Å². The predicted octanol–water partition coefficient (Wildman–Crippen LogP) is 5.31. The first-order chi connectivity index (χ1) is 31.6. The van der Waals surface area contributed by atoms with Crippen molar-refractivity contribution >= 4 is 23.4 Å². The number of amides is 1. The Bertz CT molecular complexity index is 1690. The number of thioether (sulfide) groups is 1. The molecule has 0 aromatic heterocycles. The Morgan fingerprint density at radius 3 is 2.46 bits per heavy atom. The van der Waals surface area contributed by atoms with Crippen molar-refractivity contribution in [2.45, 2.75) is 214 Å². The molecule has 1 amide bonds. The van der Waals surface area contributed by atoms with Crippen molar-refractivity contribution < 1.29 is 23.4 Å². The number of nitrogens with one attached hydrogen (secondary N) is 6. The molecule has 9 fully saturated rings. The van der Waals surface area contributed by atoms with Crippen LogP contribution in [0.3, 0.4) is 0 Å². The third-order valence-electron chi connectivity index (χ3n) is 18.5. The Balaban J connectivity index is 0.643. The van der Waals surface area contributed by atoms with Gasteiger partial charge in [0.15, 0.2) is 0 Å². The van der Waals surface area contributed by atoms with Gasteiger partial charge in [0.25, 0.3) is 0 Å². The summed E-state index contributed by atoms with van der Waals surface area (Å²) in [7, 11) is 1.70. The van der Waals surface area contributed by atoms with Gasteiger partial charge in [0.05, 0.1) is 66.8 Å². The zero-order chi connectivity index (χ0) is 44.8. The largest absolute Gasteiger partial charge is 0.380 e. The van der Waals surface area contributed by atoms with Crippen LogP contribution in [0.5, 0.6) is 0 Å². The summed E-state index contributed by atoms with van der Waals surface area (Å²) in [5.41, 5.74) is 15.7. The predicted molar refractivity (Wildman–Crippen MR) is 251 cm³/mol. The van der Waals surface area contributed by atoms with Crippen molar-refractivity contribution in [3.63, 3.8) is 0 Å². The van der Waals surface area contributed by atoms with E-state index in [4.69, 9.17) is 19.2 Å². The fourth-order valence-corrected chi connectivity index (χ4v) is 16.5. The normalized spacial score (nSPS) is 46.1. The highest BCUT2D eigenvalue weighted by atomic mass is 32.2. The van der Waals surface area contributed by atoms with Gasteiger partial charge in [-0.2, -0.15) is 5.26 Å². The Morgan fingerprint density at radius 2 is 1.75 bits per heavy atom. The molecule has 364 valence electrons. The Hall–Kier alpha value is -1.49. The van der Waals surface area contributed by atoms with Gasteiger partial charge in [0, 0.05) is 68.4 Å². The molecular formula is C49H81FN10O4S. The number of carbonyl (C=O) groups excluding carboxylic acids is 1. The second-order valence-corrected chi connectivity index (χ2v) is 24.0. The molecule has 10 rings (SSSR count). The first-order valence-electron chi connectivity index (χ1n) is 26.2. The molecule has 1 spiro atoms. The minimum Gasteiger partial charge on any atom is -0.380 e. The number of hydrogen-bond acceptors (Lipinski definition) is 14. The van der Waals surface area contributed by atoms with Gasteiger partial charge < -0.3 is 19.5 Å². The number of halogens is 1. The number of likely N-dealkylation sites (tertiary alicyclic amines) is 1. The van der Waals surface area contributed by atoms with E-state index in [-0.39, 0.29) is 84.8 Å². The highest BCUT2D eigenvalue weighted by Gasteiger charge is 2.56. The van der Waals surface area contributed by atoms with Gasteiger partial charge in [-0.25, -0.2) is 26.1 Å². The number of nitriles is 1. The van der Waals surface area contributed by atoms with Gasteiger partial charge in [-0.05, 0) is 133 Å². The summed E-state index contributed by atoms with van der Waals surface area (Å²) in [5, 5.41) is 17.1. The van der Waals surface area contributed by atoms with E-state index in [9.17, 15) is 10.1 Å². The Kier molecular flexibility index (Phi) is 14.9. The van der Waals surface area contributed by atoms with Crippen molar-refractivity contribution in [1.29, 1.82) is 5.26 Å². The van der Waals surface area contributed by atoms with Crippen LogP contribution in [0.2, 0.25) is 0 Å². The van der Waals surface area contributed by atoms with Crippen LogP contribution in [0.1, 0.15) is 136 Å². The molecule has 65 heavy (non-hydrogen) atoms. The summed E-state index contributed by atoms with van der Waals surface area (Å²) in [5.74, 6) is 1.92. The molecule has 16 heteroatoms. The minimum atomic E-state index is -0.823. The fourth-order valence-electron chi connectivity index (χ4n) is 14.6. The lowest BCUT2D eigenvalue weighted by Gasteiger charge is -2.54. The van der Waals surface area contributed by atoms with Crippen molar-refractivity contribution in [2.24, 2.45) is 45.9 Å². The maximum atomic E-state index is 16.8. The van der Waals surface area contributed by atoms with Crippen LogP contribution in [-0.2, 0) is 19.0 Å². The van der Waals surface area contributed by atoms with Gasteiger partial charge in [-0.15, -0.1) is 11.8 Å². The molecule has 5 saturated heterocycles. The molecule has 6 N–H and O–H groups in total. The quantitative estimate of drug-likeness (QED) is 0.159. The number of alkyl halides is 1. The number of ether oxygens (including phenoxy) is 3. The molecule has 4 aliphatic carbocycles. The number of methoxy groups -OCH3 is 1. The number of hydrogen-bond donors (Lipinski definition) is 6. The van der Waals surface area contributed by atoms with E-state index in [1.54, 1.807) is 7.11 Å². The van der Waals surface area contributed by atoms with Crippen molar-refractivity contribution in [3.8, 4) is 6.07 Å². The third-order valence-corrected chi connectivity index (χ3v) is 20.2. The number of hydrazine groups is 2. The highest BCUT2D eigenvalue weighted by Crippen LogP contribution is 2.56.